The Bertz CT molecular complexity index is 558. The fraction of sp³-hybridized carbons (Fsp3) is 0.667. The average Bonchev–Trinajstić information content (AvgIpc) is 2.82. The van der Waals surface area contributed by atoms with Crippen molar-refractivity contribution in [3.8, 4) is 5.75 Å². The number of hydrogen-bond acceptors (Lipinski definition) is 2. The number of rotatable bonds is 1. The number of halogens is 1. The summed E-state index contributed by atoms with van der Waals surface area (Å²) in [6.07, 6.45) is 7.06. The van der Waals surface area contributed by atoms with Crippen molar-refractivity contribution in [3.63, 3.8) is 0 Å². The van der Waals surface area contributed by atoms with Crippen LogP contribution in [0.5, 0.6) is 5.75 Å². The average molecular weight is 398 g/mol. The molecule has 1 aromatic carbocycles. The zero-order valence-electron chi connectivity index (χ0n) is 12.5. The van der Waals surface area contributed by atoms with Gasteiger partial charge in [0.05, 0.1) is 6.10 Å². The van der Waals surface area contributed by atoms with Gasteiger partial charge < -0.3 is 8.17 Å². The van der Waals surface area contributed by atoms with Crippen LogP contribution in [-0.4, -0.2) is 11.2 Å². The van der Waals surface area contributed by atoms with Crippen LogP contribution in [0.4, 0.5) is 0 Å². The van der Waals surface area contributed by atoms with Crippen molar-refractivity contribution < 1.29 is 8.17 Å². The lowest BCUT2D eigenvalue weighted by molar-refractivity contribution is -0.0226. The highest BCUT2D eigenvalue weighted by atomic mass is 127. The van der Waals surface area contributed by atoms with Crippen LogP contribution < -0.4 is 3.07 Å². The fourth-order valence-electron chi connectivity index (χ4n) is 5.58. The first kappa shape index (κ1) is 14.3. The molecule has 114 valence electrons. The van der Waals surface area contributed by atoms with Crippen LogP contribution >= 0.6 is 23.0 Å². The van der Waals surface area contributed by atoms with Crippen molar-refractivity contribution in [2.24, 2.45) is 17.3 Å². The van der Waals surface area contributed by atoms with Crippen LogP contribution in [0.3, 0.4) is 0 Å². The van der Waals surface area contributed by atoms with Gasteiger partial charge in [-0.3, -0.25) is 0 Å². The maximum absolute atomic E-state index is 10.4. The van der Waals surface area contributed by atoms with Crippen LogP contribution in [0.1, 0.15) is 56.1 Å². The summed E-state index contributed by atoms with van der Waals surface area (Å²) in [6.45, 7) is 2.34. The molecule has 2 nitrogen and oxygen atoms in total. The number of aryl methyl sites for hydroxylation is 1. The number of benzene rings is 1. The Balaban J connectivity index is 1.68. The molecule has 3 aliphatic carbocycles. The van der Waals surface area contributed by atoms with Gasteiger partial charge in [0.25, 0.3) is 0 Å². The molecule has 3 aliphatic rings. The first-order valence-electron chi connectivity index (χ1n) is 8.23. The van der Waals surface area contributed by atoms with E-state index in [0.29, 0.717) is 5.92 Å². The minimum Gasteiger partial charge on any atom is -0.428 e. The van der Waals surface area contributed by atoms with Gasteiger partial charge in [0.2, 0.25) is 0 Å². The summed E-state index contributed by atoms with van der Waals surface area (Å²) < 4.78 is 5.35. The standard InChI is InChI=1S/C18H23IO2/c1-18-9-8-14-13-5-3-12(21-19)10-11(13)2-4-15(14)16(18)6-7-17(18)20/h3,5,10,14-17,20H,2,4,6-9H2,1H3/t14?,15-,16+,17+,18+/m1/s1. The van der Waals surface area contributed by atoms with Gasteiger partial charge in [-0.05, 0) is 85.0 Å². The molecule has 3 heteroatoms. The van der Waals surface area contributed by atoms with Crippen LogP contribution in [0.15, 0.2) is 18.2 Å². The number of hydrogen-bond donors (Lipinski definition) is 1. The Labute approximate surface area is 141 Å². The van der Waals surface area contributed by atoms with Gasteiger partial charge in [0, 0.05) is 0 Å². The van der Waals surface area contributed by atoms with Crippen LogP contribution in [0, 0.1) is 17.3 Å². The molecule has 4 rings (SSSR count). The maximum Gasteiger partial charge on any atom is 0.192 e. The molecular weight excluding hydrogens is 375 g/mol. The van der Waals surface area contributed by atoms with E-state index in [9.17, 15) is 5.11 Å². The van der Waals surface area contributed by atoms with Gasteiger partial charge in [-0.25, -0.2) is 0 Å². The largest absolute Gasteiger partial charge is 0.428 e. The zero-order valence-corrected chi connectivity index (χ0v) is 14.7. The van der Waals surface area contributed by atoms with Crippen molar-refractivity contribution in [2.45, 2.75) is 57.5 Å². The van der Waals surface area contributed by atoms with E-state index in [1.165, 1.54) is 37.7 Å². The maximum atomic E-state index is 10.4. The summed E-state index contributed by atoms with van der Waals surface area (Å²) in [6, 6.07) is 6.65. The minimum absolute atomic E-state index is 0.0698. The minimum atomic E-state index is -0.0698. The highest BCUT2D eigenvalue weighted by molar-refractivity contribution is 14.1. The predicted molar refractivity (Wildman–Crippen MR) is 91.7 cm³/mol. The molecule has 1 aromatic rings. The fourth-order valence-corrected chi connectivity index (χ4v) is 5.85. The molecular formula is C18H23IO2. The Kier molecular flexibility index (Phi) is 3.49. The van der Waals surface area contributed by atoms with Gasteiger partial charge >= 0.3 is 0 Å². The van der Waals surface area contributed by atoms with E-state index in [-0.39, 0.29) is 11.5 Å². The molecule has 1 N–H and O–H groups in total. The summed E-state index contributed by atoms with van der Waals surface area (Å²) in [4.78, 5) is 0. The summed E-state index contributed by atoms with van der Waals surface area (Å²) in [5, 5.41) is 10.4. The second kappa shape index (κ2) is 5.12. The molecule has 0 spiro atoms. The molecule has 2 saturated carbocycles. The Morgan fingerprint density at radius 3 is 2.90 bits per heavy atom. The van der Waals surface area contributed by atoms with Crippen LogP contribution in [-0.2, 0) is 6.42 Å². The Morgan fingerprint density at radius 2 is 2.10 bits per heavy atom. The Hall–Kier alpha value is -0.290. The molecule has 0 aliphatic heterocycles. The van der Waals surface area contributed by atoms with Crippen LogP contribution in [0.2, 0.25) is 0 Å². The van der Waals surface area contributed by atoms with E-state index < -0.39 is 0 Å². The van der Waals surface area contributed by atoms with Crippen molar-refractivity contribution in [1.29, 1.82) is 0 Å². The second-order valence-corrected chi connectivity index (χ2v) is 7.93. The second-order valence-electron chi connectivity index (χ2n) is 7.49. The number of aliphatic hydroxyl groups is 1. The summed E-state index contributed by atoms with van der Waals surface area (Å²) in [5.74, 6) is 3.18. The van der Waals surface area contributed by atoms with Gasteiger partial charge in [-0.2, -0.15) is 0 Å². The van der Waals surface area contributed by atoms with E-state index >= 15 is 0 Å². The summed E-state index contributed by atoms with van der Waals surface area (Å²) >= 11 is 1.96. The van der Waals surface area contributed by atoms with Crippen molar-refractivity contribution in [1.82, 2.24) is 0 Å². The van der Waals surface area contributed by atoms with Crippen LogP contribution in [0.25, 0.3) is 0 Å². The normalized spacial score (nSPS) is 41.1. The lowest BCUT2D eigenvalue weighted by Gasteiger charge is -2.50. The molecule has 2 fully saturated rings. The smallest absolute Gasteiger partial charge is 0.192 e. The van der Waals surface area contributed by atoms with Crippen molar-refractivity contribution in [3.05, 3.63) is 29.3 Å². The quantitative estimate of drug-likeness (QED) is 0.699. The summed E-state index contributed by atoms with van der Waals surface area (Å²) in [5.41, 5.74) is 3.24. The topological polar surface area (TPSA) is 29.5 Å². The summed E-state index contributed by atoms with van der Waals surface area (Å²) in [7, 11) is 0. The van der Waals surface area contributed by atoms with Gasteiger partial charge in [0.1, 0.15) is 5.75 Å². The monoisotopic (exact) mass is 398 g/mol. The third-order valence-electron chi connectivity index (χ3n) is 6.74. The number of fused-ring (bicyclic) bond motifs is 5. The van der Waals surface area contributed by atoms with Gasteiger partial charge in [0.15, 0.2) is 23.0 Å². The first-order chi connectivity index (χ1) is 10.1. The van der Waals surface area contributed by atoms with E-state index in [1.807, 2.05) is 23.0 Å². The third-order valence-corrected chi connectivity index (χ3v) is 7.25. The van der Waals surface area contributed by atoms with Crippen molar-refractivity contribution in [2.75, 3.05) is 0 Å². The lowest BCUT2D eigenvalue weighted by atomic mass is 9.55. The molecule has 0 bridgehead atoms. The molecule has 21 heavy (non-hydrogen) atoms. The third kappa shape index (κ3) is 2.07. The predicted octanol–water partition coefficient (Wildman–Crippen LogP) is 4.63. The molecule has 5 atom stereocenters. The van der Waals surface area contributed by atoms with E-state index in [0.717, 1.165) is 24.0 Å². The van der Waals surface area contributed by atoms with Gasteiger partial charge in [-0.15, -0.1) is 0 Å². The molecule has 0 heterocycles. The molecule has 0 amide bonds. The van der Waals surface area contributed by atoms with Crippen molar-refractivity contribution >= 4 is 23.0 Å². The lowest BCUT2D eigenvalue weighted by Crippen LogP contribution is -2.43. The SMILES string of the molecule is C[C@]12CCC3c4ccc(OI)cc4CC[C@H]3[C@@H]1CC[C@@H]2O. The molecule has 1 unspecified atom stereocenters. The first-order valence-corrected chi connectivity index (χ1v) is 9.11. The Morgan fingerprint density at radius 1 is 1.24 bits per heavy atom. The molecule has 0 saturated heterocycles. The molecule has 0 aromatic heterocycles. The van der Waals surface area contributed by atoms with E-state index in [4.69, 9.17) is 3.07 Å². The van der Waals surface area contributed by atoms with E-state index in [2.05, 4.69) is 25.1 Å². The zero-order chi connectivity index (χ0) is 14.6. The molecule has 0 radical (unpaired) electrons. The highest BCUT2D eigenvalue weighted by Gasteiger charge is 2.54. The van der Waals surface area contributed by atoms with Gasteiger partial charge in [-0.1, -0.05) is 13.0 Å². The highest BCUT2D eigenvalue weighted by Crippen LogP contribution is 2.60. The number of aliphatic hydroxyl groups excluding tert-OH is 1. The van der Waals surface area contributed by atoms with E-state index in [1.54, 1.807) is 5.56 Å².